The van der Waals surface area contributed by atoms with Crippen LogP contribution in [0, 0.1) is 5.41 Å². The van der Waals surface area contributed by atoms with Crippen LogP contribution in [0.5, 0.6) is 0 Å². The Morgan fingerprint density at radius 2 is 2.16 bits per heavy atom. The van der Waals surface area contributed by atoms with Crippen molar-refractivity contribution in [3.63, 3.8) is 0 Å². The molecule has 1 aliphatic heterocycles. The Morgan fingerprint density at radius 1 is 1.44 bits per heavy atom. The van der Waals surface area contributed by atoms with Crippen LogP contribution in [-0.4, -0.2) is 44.6 Å². The SMILES string of the molecule is CCC(=O)N1CCOCC1c1cccc(C(O[Si](C)C)C(C)(C)C)n1. The first-order valence-electron chi connectivity index (χ1n) is 9.05. The molecule has 2 atom stereocenters. The highest BCUT2D eigenvalue weighted by atomic mass is 28.3. The largest absolute Gasteiger partial charge is 0.408 e. The normalized spacial score (nSPS) is 20.0. The smallest absolute Gasteiger partial charge is 0.223 e. The van der Waals surface area contributed by atoms with Crippen LogP contribution < -0.4 is 0 Å². The average molecular weight is 364 g/mol. The van der Waals surface area contributed by atoms with Gasteiger partial charge in [-0.1, -0.05) is 33.8 Å². The number of pyridine rings is 1. The van der Waals surface area contributed by atoms with Crippen molar-refractivity contribution in [3.05, 3.63) is 29.6 Å². The number of hydrogen-bond donors (Lipinski definition) is 0. The van der Waals surface area contributed by atoms with Crippen LogP contribution in [0.4, 0.5) is 0 Å². The third-order valence-electron chi connectivity index (χ3n) is 4.29. The predicted molar refractivity (Wildman–Crippen MR) is 101 cm³/mol. The second kappa shape index (κ2) is 8.43. The van der Waals surface area contributed by atoms with Crippen LogP contribution in [0.25, 0.3) is 0 Å². The zero-order valence-electron chi connectivity index (χ0n) is 16.3. The van der Waals surface area contributed by atoms with E-state index >= 15 is 0 Å². The number of hydrogen-bond acceptors (Lipinski definition) is 4. The van der Waals surface area contributed by atoms with Gasteiger partial charge in [0, 0.05) is 13.0 Å². The standard InChI is InChI=1S/C19H31N2O3Si/c1-7-17(22)21-11-12-23-13-16(21)14-9-8-10-15(20-14)18(19(2,3)4)24-25(5)6/h8-10,16,18H,7,11-13H2,1-6H3. The van der Waals surface area contributed by atoms with Crippen molar-refractivity contribution in [1.29, 1.82) is 0 Å². The molecule has 0 saturated carbocycles. The topological polar surface area (TPSA) is 51.7 Å². The van der Waals surface area contributed by atoms with Gasteiger partial charge in [0.25, 0.3) is 0 Å². The first-order chi connectivity index (χ1) is 11.7. The molecule has 1 fully saturated rings. The molecule has 0 bridgehead atoms. The Balaban J connectivity index is 2.34. The van der Waals surface area contributed by atoms with Crippen molar-refractivity contribution in [1.82, 2.24) is 9.88 Å². The molecular weight excluding hydrogens is 332 g/mol. The van der Waals surface area contributed by atoms with Gasteiger partial charge >= 0.3 is 0 Å². The molecule has 1 aromatic rings. The molecule has 2 heterocycles. The number of nitrogens with zero attached hydrogens (tertiary/aromatic N) is 2. The minimum absolute atomic E-state index is 0.0461. The molecule has 0 aliphatic carbocycles. The van der Waals surface area contributed by atoms with Crippen LogP contribution in [0.3, 0.4) is 0 Å². The fourth-order valence-electron chi connectivity index (χ4n) is 3.07. The summed E-state index contributed by atoms with van der Waals surface area (Å²) in [6.45, 7) is 14.4. The minimum Gasteiger partial charge on any atom is -0.408 e. The molecule has 5 nitrogen and oxygen atoms in total. The molecule has 1 saturated heterocycles. The van der Waals surface area contributed by atoms with Gasteiger partial charge < -0.3 is 14.1 Å². The van der Waals surface area contributed by atoms with Crippen molar-refractivity contribution in [3.8, 4) is 0 Å². The van der Waals surface area contributed by atoms with E-state index in [2.05, 4.69) is 33.9 Å². The summed E-state index contributed by atoms with van der Waals surface area (Å²) in [6.07, 6.45) is 0.442. The van der Waals surface area contributed by atoms with Crippen molar-refractivity contribution in [2.75, 3.05) is 19.8 Å². The predicted octanol–water partition coefficient (Wildman–Crippen LogP) is 3.75. The highest BCUT2D eigenvalue weighted by Crippen LogP contribution is 2.36. The van der Waals surface area contributed by atoms with Crippen LogP contribution >= 0.6 is 0 Å². The third-order valence-corrected chi connectivity index (χ3v) is 5.00. The van der Waals surface area contributed by atoms with E-state index in [-0.39, 0.29) is 23.5 Å². The molecule has 139 valence electrons. The average Bonchev–Trinajstić information content (AvgIpc) is 2.58. The molecule has 0 N–H and O–H groups in total. The lowest BCUT2D eigenvalue weighted by Gasteiger charge is -2.36. The molecule has 1 radical (unpaired) electrons. The highest BCUT2D eigenvalue weighted by Gasteiger charge is 2.32. The number of rotatable bonds is 5. The van der Waals surface area contributed by atoms with E-state index in [1.807, 2.05) is 30.0 Å². The summed E-state index contributed by atoms with van der Waals surface area (Å²) >= 11 is 0. The highest BCUT2D eigenvalue weighted by molar-refractivity contribution is 6.48. The van der Waals surface area contributed by atoms with Gasteiger partial charge in [-0.15, -0.1) is 0 Å². The van der Waals surface area contributed by atoms with E-state index in [0.717, 1.165) is 11.4 Å². The Morgan fingerprint density at radius 3 is 2.76 bits per heavy atom. The summed E-state index contributed by atoms with van der Waals surface area (Å²) in [4.78, 5) is 19.1. The fourth-order valence-corrected chi connectivity index (χ4v) is 4.01. The van der Waals surface area contributed by atoms with Crippen LogP contribution in [0.2, 0.25) is 13.1 Å². The van der Waals surface area contributed by atoms with E-state index in [0.29, 0.717) is 26.2 Å². The lowest BCUT2D eigenvalue weighted by molar-refractivity contribution is -0.140. The third kappa shape index (κ3) is 5.12. The molecule has 1 aliphatic rings. The second-order valence-electron chi connectivity index (χ2n) is 7.79. The first-order valence-corrected chi connectivity index (χ1v) is 11.5. The van der Waals surface area contributed by atoms with Crippen molar-refractivity contribution in [2.24, 2.45) is 5.41 Å². The van der Waals surface area contributed by atoms with E-state index in [1.54, 1.807) is 0 Å². The van der Waals surface area contributed by atoms with Crippen LogP contribution in [0.1, 0.15) is 57.6 Å². The molecule has 2 rings (SSSR count). The van der Waals surface area contributed by atoms with E-state index in [9.17, 15) is 4.79 Å². The van der Waals surface area contributed by atoms with Gasteiger partial charge in [-0.25, -0.2) is 0 Å². The van der Waals surface area contributed by atoms with Crippen molar-refractivity contribution in [2.45, 2.75) is 59.4 Å². The first kappa shape index (κ1) is 20.1. The number of carbonyl (C=O) groups excluding carboxylic acids is 1. The quantitative estimate of drug-likeness (QED) is 0.748. The Labute approximate surface area is 153 Å². The summed E-state index contributed by atoms with van der Waals surface area (Å²) in [5.41, 5.74) is 1.78. The van der Waals surface area contributed by atoms with Gasteiger partial charge in [0.1, 0.15) is 0 Å². The minimum atomic E-state index is -0.857. The molecule has 1 aromatic heterocycles. The van der Waals surface area contributed by atoms with Crippen LogP contribution in [0.15, 0.2) is 18.2 Å². The molecular formula is C19H31N2O3Si. The van der Waals surface area contributed by atoms with Crippen molar-refractivity contribution < 1.29 is 14.0 Å². The number of amides is 1. The van der Waals surface area contributed by atoms with Crippen LogP contribution in [-0.2, 0) is 14.0 Å². The molecule has 0 aromatic carbocycles. The second-order valence-corrected chi connectivity index (χ2v) is 9.84. The summed E-state index contributed by atoms with van der Waals surface area (Å²) in [6, 6.07) is 5.91. The zero-order valence-corrected chi connectivity index (χ0v) is 17.3. The molecule has 0 spiro atoms. The summed E-state index contributed by atoms with van der Waals surface area (Å²) < 4.78 is 11.9. The Hall–Kier alpha value is -1.24. The van der Waals surface area contributed by atoms with Gasteiger partial charge in [0.15, 0.2) is 0 Å². The van der Waals surface area contributed by atoms with Gasteiger partial charge in [-0.2, -0.15) is 0 Å². The van der Waals surface area contributed by atoms with Crippen molar-refractivity contribution >= 4 is 14.9 Å². The van der Waals surface area contributed by atoms with Gasteiger partial charge in [-0.3, -0.25) is 9.78 Å². The van der Waals surface area contributed by atoms with Gasteiger partial charge in [0.05, 0.1) is 36.7 Å². The fraction of sp³-hybridized carbons (Fsp3) is 0.684. The maximum atomic E-state index is 12.3. The Kier molecular flexibility index (Phi) is 6.77. The number of aromatic nitrogens is 1. The number of carbonyl (C=O) groups is 1. The number of morpholine rings is 1. The maximum absolute atomic E-state index is 12.3. The maximum Gasteiger partial charge on any atom is 0.223 e. The molecule has 2 unspecified atom stereocenters. The summed E-state index contributed by atoms with van der Waals surface area (Å²) in [5.74, 6) is 0.150. The summed E-state index contributed by atoms with van der Waals surface area (Å²) in [5, 5.41) is 0. The molecule has 6 heteroatoms. The van der Waals surface area contributed by atoms with E-state index < -0.39 is 9.04 Å². The van der Waals surface area contributed by atoms with E-state index in [4.69, 9.17) is 14.1 Å². The lowest BCUT2D eigenvalue weighted by atomic mass is 9.87. The van der Waals surface area contributed by atoms with Gasteiger partial charge in [0.2, 0.25) is 14.9 Å². The zero-order chi connectivity index (χ0) is 18.6. The molecule has 1 amide bonds. The monoisotopic (exact) mass is 363 g/mol. The number of ether oxygens (including phenoxy) is 1. The Bertz CT molecular complexity index is 586. The van der Waals surface area contributed by atoms with Gasteiger partial charge in [-0.05, 0) is 30.6 Å². The van der Waals surface area contributed by atoms with E-state index in [1.165, 1.54) is 0 Å². The summed E-state index contributed by atoms with van der Waals surface area (Å²) in [7, 11) is -0.857. The lowest BCUT2D eigenvalue weighted by Crippen LogP contribution is -2.43. The molecule has 25 heavy (non-hydrogen) atoms.